The molecule has 0 saturated carbocycles. The highest BCUT2D eigenvalue weighted by atomic mass is 33.1. The molecule has 0 amide bonds. The predicted molar refractivity (Wildman–Crippen MR) is 86.3 cm³/mol. The predicted octanol–water partition coefficient (Wildman–Crippen LogP) is -1.49. The summed E-state index contributed by atoms with van der Waals surface area (Å²) in [7, 11) is -3.03. The Morgan fingerprint density at radius 3 is 2.74 bits per heavy atom. The van der Waals surface area contributed by atoms with Gasteiger partial charge in [0.25, 0.3) is 0 Å². The van der Waals surface area contributed by atoms with Crippen molar-refractivity contribution < 1.29 is 23.7 Å². The van der Waals surface area contributed by atoms with Crippen LogP contribution in [-0.2, 0) is 39.0 Å². The molecule has 1 aliphatic rings. The van der Waals surface area contributed by atoms with E-state index >= 15 is 0 Å². The molecule has 3 heterocycles. The van der Waals surface area contributed by atoms with Gasteiger partial charge < -0.3 is 25.2 Å². The summed E-state index contributed by atoms with van der Waals surface area (Å²) in [6.07, 6.45) is -1.78. The van der Waals surface area contributed by atoms with Gasteiger partial charge in [0.1, 0.15) is 37.9 Å². The summed E-state index contributed by atoms with van der Waals surface area (Å²) in [6, 6.07) is 0. The van der Waals surface area contributed by atoms with Gasteiger partial charge in [-0.2, -0.15) is 0 Å². The first-order valence-electron chi connectivity index (χ1n) is 6.34. The van der Waals surface area contributed by atoms with Gasteiger partial charge in [-0.3, -0.25) is 8.75 Å². The molecule has 4 atom stereocenters. The van der Waals surface area contributed by atoms with Crippen molar-refractivity contribution >= 4 is 47.1 Å². The number of fused-ring (bicyclic) bond motifs is 1. The monoisotopic (exact) mass is 379 g/mol. The Balaban J connectivity index is 1.86. The summed E-state index contributed by atoms with van der Waals surface area (Å²) in [5.74, 6) is 0.188. The second-order valence-electron chi connectivity index (χ2n) is 4.84. The van der Waals surface area contributed by atoms with Crippen LogP contribution in [0.15, 0.2) is 12.7 Å². The minimum absolute atomic E-state index is 0.188. The lowest BCUT2D eigenvalue weighted by Crippen LogP contribution is -2.34. The number of ether oxygens (including phenoxy) is 1. The first-order valence-corrected chi connectivity index (χ1v) is 9.71. The Morgan fingerprint density at radius 2 is 2.04 bits per heavy atom. The molecule has 23 heavy (non-hydrogen) atoms. The van der Waals surface area contributed by atoms with Gasteiger partial charge in [-0.15, -0.1) is 0 Å². The zero-order valence-corrected chi connectivity index (χ0v) is 13.9. The van der Waals surface area contributed by atoms with Crippen molar-refractivity contribution in [3.8, 4) is 0 Å². The molecule has 10 nitrogen and oxygen atoms in total. The normalized spacial score (nSPS) is 28.5. The van der Waals surface area contributed by atoms with Crippen molar-refractivity contribution in [2.45, 2.75) is 24.5 Å². The molecule has 0 unspecified atom stereocenters. The Hall–Kier alpha value is -1.06. The summed E-state index contributed by atoms with van der Waals surface area (Å²) in [5, 5.41) is 20.3. The topological polar surface area (TPSA) is 149 Å². The van der Waals surface area contributed by atoms with Crippen LogP contribution >= 0.6 is 0 Å². The van der Waals surface area contributed by atoms with Gasteiger partial charge in [-0.05, 0) is 0 Å². The van der Waals surface area contributed by atoms with E-state index in [1.54, 1.807) is 0 Å². The molecule has 1 fully saturated rings. The molecule has 5 N–H and O–H groups in total. The van der Waals surface area contributed by atoms with Gasteiger partial charge >= 0.3 is 0 Å². The second-order valence-corrected chi connectivity index (χ2v) is 9.28. The van der Waals surface area contributed by atoms with Crippen molar-refractivity contribution in [1.82, 2.24) is 19.5 Å². The van der Waals surface area contributed by atoms with Crippen LogP contribution in [0.25, 0.3) is 11.2 Å². The largest absolute Gasteiger partial charge is 0.387 e. The number of nitrogens with zero attached hydrogens (tertiary/aromatic N) is 4. The fourth-order valence-corrected chi connectivity index (χ4v) is 2.95. The van der Waals surface area contributed by atoms with Crippen LogP contribution < -0.4 is 5.73 Å². The lowest BCUT2D eigenvalue weighted by molar-refractivity contribution is -0.0463. The highest BCUT2D eigenvalue weighted by Crippen LogP contribution is 2.32. The summed E-state index contributed by atoms with van der Waals surface area (Å²) in [5.41, 5.74) is 6.41. The highest BCUT2D eigenvalue weighted by molar-refractivity contribution is 8.51. The minimum Gasteiger partial charge on any atom is -0.387 e. The Labute approximate surface area is 140 Å². The minimum atomic E-state index is -3.03. The van der Waals surface area contributed by atoms with E-state index in [9.17, 15) is 14.8 Å². The van der Waals surface area contributed by atoms with Crippen LogP contribution in [0.4, 0.5) is 5.82 Å². The molecule has 0 radical (unpaired) electrons. The van der Waals surface area contributed by atoms with Crippen LogP contribution in [0.3, 0.4) is 0 Å². The van der Waals surface area contributed by atoms with E-state index in [1.165, 1.54) is 17.2 Å². The van der Waals surface area contributed by atoms with E-state index in [0.29, 0.717) is 11.2 Å². The van der Waals surface area contributed by atoms with Crippen molar-refractivity contribution in [1.29, 1.82) is 0 Å². The van der Waals surface area contributed by atoms with E-state index in [4.69, 9.17) is 14.7 Å². The third-order valence-electron chi connectivity index (χ3n) is 3.38. The average Bonchev–Trinajstić information content (AvgIpc) is 3.01. The summed E-state index contributed by atoms with van der Waals surface area (Å²) >= 11 is 9.12. The smallest absolute Gasteiger partial charge is 0.167 e. The average molecular weight is 379 g/mol. The SMILES string of the molecule is Nc1ncnc2c1ncn2[C@@H]1O[C@H](COS(O)(=S)=S)[C@@H](O)[C@H]1O. The molecule has 1 saturated heterocycles. The molecular formula is C10H13N5O5S3. The number of aliphatic hydroxyl groups excluding tert-OH is 2. The van der Waals surface area contributed by atoms with Crippen LogP contribution in [-0.4, -0.2) is 59.2 Å². The van der Waals surface area contributed by atoms with Crippen molar-refractivity contribution in [3.63, 3.8) is 0 Å². The third kappa shape index (κ3) is 3.27. The number of hydrogen-bond acceptors (Lipinski definition) is 10. The van der Waals surface area contributed by atoms with E-state index in [0.717, 1.165) is 0 Å². The fraction of sp³-hybridized carbons (Fsp3) is 0.500. The Bertz CT molecular complexity index is 827. The Morgan fingerprint density at radius 1 is 1.30 bits per heavy atom. The zero-order chi connectivity index (χ0) is 16.8. The van der Waals surface area contributed by atoms with Gasteiger partial charge in [-0.25, -0.2) is 15.0 Å². The number of aliphatic hydroxyl groups is 2. The van der Waals surface area contributed by atoms with Crippen molar-refractivity contribution in [2.75, 3.05) is 12.3 Å². The number of hydrogen-bond donors (Lipinski definition) is 4. The number of nitrogen functional groups attached to an aromatic ring is 1. The number of imidazole rings is 1. The van der Waals surface area contributed by atoms with E-state index < -0.39 is 32.2 Å². The molecular weight excluding hydrogens is 366 g/mol. The molecule has 0 aromatic carbocycles. The quantitative estimate of drug-likeness (QED) is 0.492. The first-order chi connectivity index (χ1) is 10.8. The maximum atomic E-state index is 10.2. The van der Waals surface area contributed by atoms with Crippen molar-refractivity contribution in [2.24, 2.45) is 0 Å². The fourth-order valence-electron chi connectivity index (χ4n) is 2.31. The van der Waals surface area contributed by atoms with Crippen LogP contribution in [0.5, 0.6) is 0 Å². The standard InChI is InChI=1S/C10H13N5O5S3/c11-8-5-9(13-2-12-8)15(3-14-5)10-7(17)6(16)4(20-10)1-19-23(18,21)22/h2-4,6-7,10,16-17H,1H2,(H2,11,12,13)(H,18,21,22)/t4-,6-,7-,10-/m1/s1. The maximum absolute atomic E-state index is 10.2. The molecule has 0 bridgehead atoms. The van der Waals surface area contributed by atoms with E-state index in [-0.39, 0.29) is 12.4 Å². The molecule has 1 aliphatic heterocycles. The molecule has 0 aliphatic carbocycles. The first kappa shape index (κ1) is 16.8. The van der Waals surface area contributed by atoms with E-state index in [1.807, 2.05) is 0 Å². The summed E-state index contributed by atoms with van der Waals surface area (Å²) < 4.78 is 21.2. The lowest BCUT2D eigenvalue weighted by atomic mass is 10.1. The number of rotatable bonds is 4. The van der Waals surface area contributed by atoms with Gasteiger partial charge in [0.05, 0.1) is 12.9 Å². The highest BCUT2D eigenvalue weighted by Gasteiger charge is 2.44. The molecule has 13 heteroatoms. The maximum Gasteiger partial charge on any atom is 0.167 e. The number of aromatic nitrogens is 4. The zero-order valence-electron chi connectivity index (χ0n) is 11.4. The molecule has 126 valence electrons. The Kier molecular flexibility index (Phi) is 4.45. The van der Waals surface area contributed by atoms with E-state index in [2.05, 4.69) is 37.3 Å². The summed E-state index contributed by atoms with van der Waals surface area (Å²) in [6.45, 7) is -0.253. The van der Waals surface area contributed by atoms with Gasteiger partial charge in [0.15, 0.2) is 17.7 Å². The van der Waals surface area contributed by atoms with Gasteiger partial charge in [0.2, 0.25) is 0 Å². The lowest BCUT2D eigenvalue weighted by Gasteiger charge is -2.16. The van der Waals surface area contributed by atoms with Crippen LogP contribution in [0.2, 0.25) is 0 Å². The summed E-state index contributed by atoms with van der Waals surface area (Å²) in [4.78, 5) is 11.9. The van der Waals surface area contributed by atoms with Crippen molar-refractivity contribution in [3.05, 3.63) is 12.7 Å². The van der Waals surface area contributed by atoms with Gasteiger partial charge in [-0.1, -0.05) is 0 Å². The number of anilines is 1. The number of nitrogens with two attached hydrogens (primary N) is 1. The second kappa shape index (κ2) is 6.10. The third-order valence-corrected chi connectivity index (χ3v) is 4.39. The molecule has 3 rings (SSSR count). The molecule has 0 spiro atoms. The molecule has 2 aromatic rings. The van der Waals surface area contributed by atoms with Gasteiger partial charge in [0, 0.05) is 22.4 Å². The van der Waals surface area contributed by atoms with Crippen LogP contribution in [0, 0.1) is 0 Å². The molecule has 2 aromatic heterocycles. The van der Waals surface area contributed by atoms with Crippen LogP contribution in [0.1, 0.15) is 6.23 Å².